The fraction of sp³-hybridized carbons (Fsp3) is 0.200. The number of fused-ring (bicyclic) bond motifs is 1. The fourth-order valence-corrected chi connectivity index (χ4v) is 1.87. The lowest BCUT2D eigenvalue weighted by molar-refractivity contribution is -0.136. The predicted octanol–water partition coefficient (Wildman–Crippen LogP) is 1.98. The van der Waals surface area contributed by atoms with E-state index in [1.165, 1.54) is 0 Å². The molecule has 0 fully saturated rings. The van der Waals surface area contributed by atoms with Crippen LogP contribution in [0.4, 0.5) is 5.69 Å². The molecule has 1 heterocycles. The molecule has 1 unspecified atom stereocenters. The summed E-state index contributed by atoms with van der Waals surface area (Å²) in [5.41, 5.74) is 7.45. The molecule has 0 radical (unpaired) electrons. The number of hydrogen-bond donors (Lipinski definition) is 2. The van der Waals surface area contributed by atoms with Crippen LogP contribution in [0.2, 0.25) is 0 Å². The summed E-state index contributed by atoms with van der Waals surface area (Å²) in [4.78, 5) is 14.8. The highest BCUT2D eigenvalue weighted by Gasteiger charge is 2.16. The number of hydrogen-bond acceptors (Lipinski definition) is 5. The van der Waals surface area contributed by atoms with Crippen LogP contribution in [0.15, 0.2) is 27.8 Å². The van der Waals surface area contributed by atoms with Gasteiger partial charge < -0.3 is 15.3 Å². The van der Waals surface area contributed by atoms with E-state index >= 15 is 0 Å². The molecule has 5 nitrogen and oxygen atoms in total. The Bertz CT molecular complexity index is 538. The van der Waals surface area contributed by atoms with Crippen LogP contribution in [-0.4, -0.2) is 21.3 Å². The summed E-state index contributed by atoms with van der Waals surface area (Å²) in [7, 11) is 0. The van der Waals surface area contributed by atoms with Gasteiger partial charge in [-0.25, -0.2) is 4.98 Å². The van der Waals surface area contributed by atoms with Crippen molar-refractivity contribution in [3.63, 3.8) is 0 Å². The Morgan fingerprint density at radius 3 is 3.06 bits per heavy atom. The number of aliphatic carboxylic acids is 1. The Hall–Kier alpha value is -1.69. The van der Waals surface area contributed by atoms with E-state index in [9.17, 15) is 4.79 Å². The van der Waals surface area contributed by atoms with Crippen LogP contribution in [0.1, 0.15) is 6.92 Å². The number of aromatic nitrogens is 1. The minimum atomic E-state index is -0.897. The number of thioether (sulfide) groups is 1. The Morgan fingerprint density at radius 1 is 1.62 bits per heavy atom. The fourth-order valence-electron chi connectivity index (χ4n) is 1.18. The van der Waals surface area contributed by atoms with Crippen LogP contribution < -0.4 is 5.73 Å². The molecular formula is C10H10N2O3S. The van der Waals surface area contributed by atoms with Gasteiger partial charge in [-0.15, -0.1) is 0 Å². The van der Waals surface area contributed by atoms with Gasteiger partial charge >= 0.3 is 5.97 Å². The number of carbonyl (C=O) groups is 1. The number of rotatable bonds is 3. The van der Waals surface area contributed by atoms with Crippen molar-refractivity contribution < 1.29 is 14.3 Å². The van der Waals surface area contributed by atoms with Gasteiger partial charge in [-0.2, -0.15) is 0 Å². The normalized spacial score (nSPS) is 12.8. The Morgan fingerprint density at radius 2 is 2.38 bits per heavy atom. The van der Waals surface area contributed by atoms with Gasteiger partial charge in [-0.1, -0.05) is 11.8 Å². The van der Waals surface area contributed by atoms with E-state index in [2.05, 4.69) is 4.98 Å². The van der Waals surface area contributed by atoms with Crippen molar-refractivity contribution in [3.05, 3.63) is 18.2 Å². The van der Waals surface area contributed by atoms with Gasteiger partial charge in [0.15, 0.2) is 5.58 Å². The molecule has 0 saturated heterocycles. The third-order valence-corrected chi connectivity index (χ3v) is 2.95. The third kappa shape index (κ3) is 2.11. The van der Waals surface area contributed by atoms with E-state index in [1.54, 1.807) is 25.1 Å². The lowest BCUT2D eigenvalue weighted by Crippen LogP contribution is -2.10. The molecule has 0 spiro atoms. The van der Waals surface area contributed by atoms with E-state index in [0.717, 1.165) is 11.8 Å². The summed E-state index contributed by atoms with van der Waals surface area (Å²) >= 11 is 1.07. The van der Waals surface area contributed by atoms with Crippen molar-refractivity contribution in [2.45, 2.75) is 17.4 Å². The molecule has 3 N–H and O–H groups in total. The highest BCUT2D eigenvalue weighted by molar-refractivity contribution is 8.00. The SMILES string of the molecule is CC(Sc1nc2cc(N)ccc2o1)C(=O)O. The van der Waals surface area contributed by atoms with Gasteiger partial charge in [0, 0.05) is 5.69 Å². The first-order chi connectivity index (χ1) is 7.56. The van der Waals surface area contributed by atoms with E-state index < -0.39 is 11.2 Å². The number of anilines is 1. The maximum absolute atomic E-state index is 10.7. The number of oxazole rings is 1. The van der Waals surface area contributed by atoms with Crippen LogP contribution in [0.3, 0.4) is 0 Å². The van der Waals surface area contributed by atoms with Crippen LogP contribution in [-0.2, 0) is 4.79 Å². The topological polar surface area (TPSA) is 89.4 Å². The van der Waals surface area contributed by atoms with Crippen LogP contribution in [0, 0.1) is 0 Å². The first-order valence-corrected chi connectivity index (χ1v) is 5.50. The molecule has 0 aliphatic rings. The molecule has 0 aliphatic carbocycles. The number of nitrogen functional groups attached to an aromatic ring is 1. The molecule has 0 amide bonds. The van der Waals surface area contributed by atoms with Gasteiger partial charge in [0.25, 0.3) is 5.22 Å². The average Bonchev–Trinajstić information content (AvgIpc) is 2.58. The molecule has 0 saturated carbocycles. The molecular weight excluding hydrogens is 228 g/mol. The maximum Gasteiger partial charge on any atom is 0.316 e. The van der Waals surface area contributed by atoms with Crippen molar-refractivity contribution >= 4 is 34.5 Å². The molecule has 2 aromatic rings. The molecule has 1 aromatic heterocycles. The van der Waals surface area contributed by atoms with Crippen molar-refractivity contribution in [2.24, 2.45) is 0 Å². The van der Waals surface area contributed by atoms with Crippen LogP contribution in [0.25, 0.3) is 11.1 Å². The summed E-state index contributed by atoms with van der Waals surface area (Å²) in [5.74, 6) is -0.897. The lowest BCUT2D eigenvalue weighted by atomic mass is 10.3. The zero-order chi connectivity index (χ0) is 11.7. The van der Waals surface area contributed by atoms with Crippen molar-refractivity contribution in [1.29, 1.82) is 0 Å². The molecule has 16 heavy (non-hydrogen) atoms. The summed E-state index contributed by atoms with van der Waals surface area (Å²) in [5, 5.41) is 8.50. The first kappa shape index (κ1) is 10.8. The zero-order valence-corrected chi connectivity index (χ0v) is 9.32. The van der Waals surface area contributed by atoms with Crippen molar-refractivity contribution in [1.82, 2.24) is 4.98 Å². The van der Waals surface area contributed by atoms with Gasteiger partial charge in [-0.05, 0) is 25.1 Å². The van der Waals surface area contributed by atoms with Gasteiger partial charge in [-0.3, -0.25) is 4.79 Å². The molecule has 2 rings (SSSR count). The summed E-state index contributed by atoms with van der Waals surface area (Å²) < 4.78 is 5.38. The smallest absolute Gasteiger partial charge is 0.316 e. The molecule has 1 aromatic carbocycles. The second-order valence-corrected chi connectivity index (χ2v) is 4.60. The van der Waals surface area contributed by atoms with Crippen molar-refractivity contribution in [2.75, 3.05) is 5.73 Å². The van der Waals surface area contributed by atoms with Gasteiger partial charge in [0.05, 0.1) is 0 Å². The number of carboxylic acids is 1. The Kier molecular flexibility index (Phi) is 2.74. The average molecular weight is 238 g/mol. The number of benzene rings is 1. The number of carboxylic acid groups (broad SMARTS) is 1. The van der Waals surface area contributed by atoms with E-state index in [-0.39, 0.29) is 0 Å². The Labute approximate surface area is 95.6 Å². The van der Waals surface area contributed by atoms with E-state index in [1.807, 2.05) is 0 Å². The minimum Gasteiger partial charge on any atom is -0.480 e. The van der Waals surface area contributed by atoms with E-state index in [0.29, 0.717) is 22.0 Å². The van der Waals surface area contributed by atoms with Gasteiger partial charge in [0.1, 0.15) is 10.8 Å². The van der Waals surface area contributed by atoms with Crippen LogP contribution in [0.5, 0.6) is 0 Å². The summed E-state index contributed by atoms with van der Waals surface area (Å²) in [6, 6.07) is 5.12. The molecule has 84 valence electrons. The lowest BCUT2D eigenvalue weighted by Gasteiger charge is -1.99. The molecule has 1 atom stereocenters. The summed E-state index contributed by atoms with van der Waals surface area (Å²) in [6.07, 6.45) is 0. The van der Waals surface area contributed by atoms with Crippen molar-refractivity contribution in [3.8, 4) is 0 Å². The second-order valence-electron chi connectivity index (χ2n) is 3.31. The van der Waals surface area contributed by atoms with Crippen LogP contribution >= 0.6 is 11.8 Å². The summed E-state index contributed by atoms with van der Waals surface area (Å²) in [6.45, 7) is 1.58. The zero-order valence-electron chi connectivity index (χ0n) is 8.51. The largest absolute Gasteiger partial charge is 0.480 e. The predicted molar refractivity (Wildman–Crippen MR) is 61.4 cm³/mol. The van der Waals surface area contributed by atoms with E-state index in [4.69, 9.17) is 15.3 Å². The molecule has 0 aliphatic heterocycles. The maximum atomic E-state index is 10.7. The van der Waals surface area contributed by atoms with Gasteiger partial charge in [0.2, 0.25) is 0 Å². The first-order valence-electron chi connectivity index (χ1n) is 4.62. The standard InChI is InChI=1S/C10H10N2O3S/c1-5(9(13)14)16-10-12-7-4-6(11)2-3-8(7)15-10/h2-5H,11H2,1H3,(H,13,14). The molecule has 0 bridgehead atoms. The number of nitrogens with two attached hydrogens (primary N) is 1. The second kappa shape index (κ2) is 4.05. The monoisotopic (exact) mass is 238 g/mol. The molecule has 6 heteroatoms. The highest BCUT2D eigenvalue weighted by atomic mass is 32.2. The Balaban J connectivity index is 2.29. The highest BCUT2D eigenvalue weighted by Crippen LogP contribution is 2.27. The minimum absolute atomic E-state index is 0.343. The quantitative estimate of drug-likeness (QED) is 0.627. The third-order valence-electron chi connectivity index (χ3n) is 2.02. The number of nitrogens with zero attached hydrogens (tertiary/aromatic N) is 1.